The molecule has 0 atom stereocenters. The van der Waals surface area contributed by atoms with E-state index in [0.717, 1.165) is 24.2 Å². The van der Waals surface area contributed by atoms with Crippen LogP contribution in [-0.4, -0.2) is 11.6 Å². The predicted octanol–water partition coefficient (Wildman–Crippen LogP) is 5.59. The van der Waals surface area contributed by atoms with Gasteiger partial charge in [-0.15, -0.1) is 0 Å². The Morgan fingerprint density at radius 2 is 1.81 bits per heavy atom. The van der Waals surface area contributed by atoms with Gasteiger partial charge in [0.05, 0.1) is 11.1 Å². The molecule has 1 aliphatic carbocycles. The Kier molecular flexibility index (Phi) is 5.81. The predicted molar refractivity (Wildman–Crippen MR) is 90.6 cm³/mol. The molecule has 1 aromatic carbocycles. The summed E-state index contributed by atoms with van der Waals surface area (Å²) in [6, 6.07) is 3.71. The quantitative estimate of drug-likeness (QED) is 0.776. The first kappa shape index (κ1) is 16.9. The van der Waals surface area contributed by atoms with Gasteiger partial charge in [-0.2, -0.15) is 0 Å². The molecule has 0 heterocycles. The molecule has 1 saturated carbocycles. The van der Waals surface area contributed by atoms with Gasteiger partial charge in [-0.1, -0.05) is 29.6 Å². The lowest BCUT2D eigenvalue weighted by atomic mass is 9.97. The average molecular weight is 330 g/mol. The summed E-state index contributed by atoms with van der Waals surface area (Å²) in [6.45, 7) is 7.12. The monoisotopic (exact) mass is 329 g/mol. The van der Waals surface area contributed by atoms with Crippen LogP contribution in [0.2, 0.25) is 10.0 Å². The topological polar surface area (TPSA) is 21.3 Å². The second-order valence-corrected chi connectivity index (χ2v) is 7.70. The maximum atomic E-state index is 6.37. The highest BCUT2D eigenvalue weighted by Gasteiger charge is 2.20. The van der Waals surface area contributed by atoms with E-state index >= 15 is 0 Å². The fraction of sp³-hybridized carbons (Fsp3) is 0.647. The van der Waals surface area contributed by atoms with Crippen molar-refractivity contribution >= 4 is 23.2 Å². The van der Waals surface area contributed by atoms with Crippen molar-refractivity contribution in [3.63, 3.8) is 0 Å². The number of ether oxygens (including phenoxy) is 1. The van der Waals surface area contributed by atoms with Crippen molar-refractivity contribution in [2.24, 2.45) is 0 Å². The van der Waals surface area contributed by atoms with Gasteiger partial charge in [-0.25, -0.2) is 0 Å². The summed E-state index contributed by atoms with van der Waals surface area (Å²) in [7, 11) is 0. The minimum Gasteiger partial charge on any atom is -0.489 e. The lowest BCUT2D eigenvalue weighted by Crippen LogP contribution is -2.35. The first-order valence-corrected chi connectivity index (χ1v) is 8.50. The summed E-state index contributed by atoms with van der Waals surface area (Å²) < 4.78 is 6.21. The van der Waals surface area contributed by atoms with Gasteiger partial charge >= 0.3 is 0 Å². The van der Waals surface area contributed by atoms with Crippen LogP contribution < -0.4 is 10.1 Å². The number of benzene rings is 1. The zero-order valence-electron chi connectivity index (χ0n) is 13.1. The van der Waals surface area contributed by atoms with Gasteiger partial charge in [-0.05, 0) is 58.6 Å². The summed E-state index contributed by atoms with van der Waals surface area (Å²) in [5, 5.41) is 4.74. The van der Waals surface area contributed by atoms with E-state index in [9.17, 15) is 0 Å². The van der Waals surface area contributed by atoms with Crippen molar-refractivity contribution in [1.82, 2.24) is 5.32 Å². The third-order valence-corrected chi connectivity index (χ3v) is 4.23. The average Bonchev–Trinajstić information content (AvgIpc) is 2.40. The fourth-order valence-corrected chi connectivity index (χ4v) is 3.17. The maximum absolute atomic E-state index is 6.37. The van der Waals surface area contributed by atoms with Crippen LogP contribution in [0.25, 0.3) is 0 Å². The van der Waals surface area contributed by atoms with E-state index in [1.54, 1.807) is 6.07 Å². The Hall–Kier alpha value is -0.440. The molecule has 1 aliphatic rings. The molecule has 0 unspecified atom stereocenters. The van der Waals surface area contributed by atoms with Crippen LogP contribution in [0.1, 0.15) is 58.4 Å². The summed E-state index contributed by atoms with van der Waals surface area (Å²) in [4.78, 5) is 0. The number of rotatable bonds is 4. The number of nitrogens with one attached hydrogen (secondary N) is 1. The molecule has 1 N–H and O–H groups in total. The fourth-order valence-electron chi connectivity index (χ4n) is 2.59. The molecule has 0 spiro atoms. The van der Waals surface area contributed by atoms with Crippen LogP contribution in [0, 0.1) is 0 Å². The van der Waals surface area contributed by atoms with Gasteiger partial charge in [0.1, 0.15) is 5.75 Å². The summed E-state index contributed by atoms with van der Waals surface area (Å²) in [6.07, 6.45) is 6.31. The molecular formula is C17H25Cl2NO. The van der Waals surface area contributed by atoms with Crippen molar-refractivity contribution in [3.05, 3.63) is 27.7 Å². The Morgan fingerprint density at radius 1 is 1.14 bits per heavy atom. The molecule has 0 bridgehead atoms. The van der Waals surface area contributed by atoms with Crippen molar-refractivity contribution in [2.75, 3.05) is 0 Å². The van der Waals surface area contributed by atoms with Gasteiger partial charge in [0.25, 0.3) is 0 Å². The lowest BCUT2D eigenvalue weighted by molar-refractivity contribution is 0.153. The van der Waals surface area contributed by atoms with E-state index in [4.69, 9.17) is 27.9 Å². The van der Waals surface area contributed by atoms with Gasteiger partial charge in [0.2, 0.25) is 0 Å². The SMILES string of the molecule is CC(C)(C)NCc1cc(Cl)cc(Cl)c1OC1CCCCC1. The van der Waals surface area contributed by atoms with E-state index in [1.807, 2.05) is 6.07 Å². The van der Waals surface area contributed by atoms with Crippen LogP contribution in [0.4, 0.5) is 0 Å². The van der Waals surface area contributed by atoms with Crippen molar-refractivity contribution in [2.45, 2.75) is 71.1 Å². The molecule has 0 saturated heterocycles. The minimum absolute atomic E-state index is 0.0386. The van der Waals surface area contributed by atoms with Crippen molar-refractivity contribution in [1.29, 1.82) is 0 Å². The summed E-state index contributed by atoms with van der Waals surface area (Å²) >= 11 is 12.5. The van der Waals surface area contributed by atoms with Crippen LogP contribution in [0.5, 0.6) is 5.75 Å². The molecule has 0 aliphatic heterocycles. The molecule has 21 heavy (non-hydrogen) atoms. The molecule has 118 valence electrons. The number of halogens is 2. The zero-order chi connectivity index (χ0) is 15.5. The Bertz CT molecular complexity index is 476. The van der Waals surface area contributed by atoms with E-state index in [-0.39, 0.29) is 11.6 Å². The smallest absolute Gasteiger partial charge is 0.142 e. The largest absolute Gasteiger partial charge is 0.489 e. The Morgan fingerprint density at radius 3 is 2.43 bits per heavy atom. The molecule has 0 aromatic heterocycles. The molecule has 2 rings (SSSR count). The van der Waals surface area contributed by atoms with Gasteiger partial charge in [0, 0.05) is 22.7 Å². The first-order chi connectivity index (χ1) is 9.85. The van der Waals surface area contributed by atoms with Crippen LogP contribution in [0.3, 0.4) is 0 Å². The number of hydrogen-bond acceptors (Lipinski definition) is 2. The lowest BCUT2D eigenvalue weighted by Gasteiger charge is -2.26. The molecule has 2 nitrogen and oxygen atoms in total. The standard InChI is InChI=1S/C17H25Cl2NO/c1-17(2,3)20-11-12-9-13(18)10-15(19)16(12)21-14-7-5-4-6-8-14/h9-10,14,20H,4-8,11H2,1-3H3. The molecule has 0 amide bonds. The molecular weight excluding hydrogens is 305 g/mol. The second kappa shape index (κ2) is 7.21. The normalized spacial score (nSPS) is 17.0. The Labute approximate surface area is 138 Å². The van der Waals surface area contributed by atoms with E-state index < -0.39 is 0 Å². The third kappa shape index (κ3) is 5.36. The van der Waals surface area contributed by atoms with E-state index in [2.05, 4.69) is 26.1 Å². The molecule has 1 fully saturated rings. The highest BCUT2D eigenvalue weighted by molar-refractivity contribution is 6.35. The van der Waals surface area contributed by atoms with Gasteiger partial charge in [-0.3, -0.25) is 0 Å². The maximum Gasteiger partial charge on any atom is 0.142 e. The second-order valence-electron chi connectivity index (χ2n) is 6.86. The van der Waals surface area contributed by atoms with Crippen molar-refractivity contribution < 1.29 is 4.74 Å². The highest BCUT2D eigenvalue weighted by atomic mass is 35.5. The summed E-state index contributed by atoms with van der Waals surface area (Å²) in [5.41, 5.74) is 1.07. The number of hydrogen-bond donors (Lipinski definition) is 1. The highest BCUT2D eigenvalue weighted by Crippen LogP contribution is 2.35. The summed E-state index contributed by atoms with van der Waals surface area (Å²) in [5.74, 6) is 0.796. The zero-order valence-corrected chi connectivity index (χ0v) is 14.7. The van der Waals surface area contributed by atoms with E-state index in [0.29, 0.717) is 16.6 Å². The minimum atomic E-state index is 0.0386. The molecule has 0 radical (unpaired) electrons. The van der Waals surface area contributed by atoms with Crippen molar-refractivity contribution in [3.8, 4) is 5.75 Å². The third-order valence-electron chi connectivity index (χ3n) is 3.73. The first-order valence-electron chi connectivity index (χ1n) is 7.75. The van der Waals surface area contributed by atoms with Gasteiger partial charge in [0.15, 0.2) is 0 Å². The van der Waals surface area contributed by atoms with Crippen LogP contribution in [0.15, 0.2) is 12.1 Å². The van der Waals surface area contributed by atoms with Gasteiger partial charge < -0.3 is 10.1 Å². The molecule has 1 aromatic rings. The van der Waals surface area contributed by atoms with Crippen LogP contribution in [-0.2, 0) is 6.54 Å². The molecule has 4 heteroatoms. The van der Waals surface area contributed by atoms with E-state index in [1.165, 1.54) is 19.3 Å². The Balaban J connectivity index is 2.16. The van der Waals surface area contributed by atoms with Crippen LogP contribution >= 0.6 is 23.2 Å².